The summed E-state index contributed by atoms with van der Waals surface area (Å²) >= 11 is 0. The number of rotatable bonds is 9. The number of aromatic nitrogens is 4. The van der Waals surface area contributed by atoms with E-state index in [2.05, 4.69) is 15.0 Å². The summed E-state index contributed by atoms with van der Waals surface area (Å²) in [4.78, 5) is 24.1. The van der Waals surface area contributed by atoms with Gasteiger partial charge >= 0.3 is 5.97 Å². The fourth-order valence-electron chi connectivity index (χ4n) is 2.17. The molecule has 0 spiro atoms. The van der Waals surface area contributed by atoms with Crippen LogP contribution in [0, 0.1) is 5.41 Å². The third-order valence-electron chi connectivity index (χ3n) is 3.97. The largest absolute Gasteiger partial charge is 0.516 e. The van der Waals surface area contributed by atoms with Crippen molar-refractivity contribution in [3.8, 4) is 0 Å². The molecule has 0 aliphatic carbocycles. The molecule has 0 amide bonds. The van der Waals surface area contributed by atoms with Gasteiger partial charge in [0.15, 0.2) is 11.5 Å². The number of aliphatic hydroxyl groups is 2. The van der Waals surface area contributed by atoms with Gasteiger partial charge in [-0.3, -0.25) is 9.36 Å². The lowest BCUT2D eigenvalue weighted by Gasteiger charge is -2.23. The van der Waals surface area contributed by atoms with Crippen LogP contribution in [0.2, 0.25) is 0 Å². The van der Waals surface area contributed by atoms with Crippen molar-refractivity contribution in [1.29, 1.82) is 0 Å². The van der Waals surface area contributed by atoms with E-state index in [1.807, 2.05) is 0 Å². The number of ether oxygens (including phenoxy) is 1. The van der Waals surface area contributed by atoms with Crippen LogP contribution in [-0.2, 0) is 25.2 Å². The Hall–Kier alpha value is -2.49. The van der Waals surface area contributed by atoms with E-state index in [0.29, 0.717) is 24.0 Å². The highest BCUT2D eigenvalue weighted by atomic mass is 31.1. The molecule has 4 N–H and O–H groups in total. The molecule has 2 aromatic heterocycles. The van der Waals surface area contributed by atoms with Gasteiger partial charge in [-0.1, -0.05) is 0 Å². The summed E-state index contributed by atoms with van der Waals surface area (Å²) in [5.74, 6) is -0.546. The molecular weight excluding hydrogens is 377 g/mol. The van der Waals surface area contributed by atoms with Crippen molar-refractivity contribution in [2.45, 2.75) is 20.4 Å². The molecule has 2 heterocycles. The number of hydrogen-bond donors (Lipinski definition) is 3. The second kappa shape index (κ2) is 8.94. The molecule has 0 saturated carbocycles. The molecule has 0 radical (unpaired) electrons. The van der Waals surface area contributed by atoms with Gasteiger partial charge in [0.1, 0.15) is 18.2 Å². The van der Waals surface area contributed by atoms with E-state index in [4.69, 9.17) is 25.2 Å². The van der Waals surface area contributed by atoms with Crippen molar-refractivity contribution in [2.24, 2.45) is 5.41 Å². The minimum Gasteiger partial charge on any atom is -0.516 e. The van der Waals surface area contributed by atoms with Crippen LogP contribution >= 0.6 is 8.03 Å². The number of hydrogen-bond acceptors (Lipinski definition) is 10. The number of aliphatic hydroxyl groups excluding tert-OH is 2. The maximum atomic E-state index is 12.1. The van der Waals surface area contributed by atoms with Gasteiger partial charge < -0.3 is 29.8 Å². The van der Waals surface area contributed by atoms with Gasteiger partial charge in [0.05, 0.1) is 31.2 Å². The third-order valence-corrected chi connectivity index (χ3v) is 4.82. The van der Waals surface area contributed by atoms with Crippen molar-refractivity contribution in [3.63, 3.8) is 0 Å². The highest BCUT2D eigenvalue weighted by molar-refractivity contribution is 7.39. The smallest absolute Gasteiger partial charge is 0.320 e. The number of nitrogens with zero attached hydrogens (tertiary/aromatic N) is 4. The van der Waals surface area contributed by atoms with Gasteiger partial charge in [0.25, 0.3) is 8.03 Å². The first-order chi connectivity index (χ1) is 12.8. The molecule has 1 unspecified atom stereocenters. The molecule has 1 atom stereocenters. The molecule has 0 fully saturated rings. The average Bonchev–Trinajstić information content (AvgIpc) is 3.04. The van der Waals surface area contributed by atoms with Crippen LogP contribution in [0.5, 0.6) is 0 Å². The zero-order chi connectivity index (χ0) is 20.0. The molecule has 0 saturated heterocycles. The van der Waals surface area contributed by atoms with E-state index >= 15 is 0 Å². The fraction of sp³-hybridized carbons (Fsp3) is 0.467. The molecule has 0 bridgehead atoms. The SMILES string of the molecule is CC(C)(C(=O)O[PH](=O)COCCn1cnc2c(N)ncnc21)C(=CO)CO. The maximum Gasteiger partial charge on any atom is 0.320 e. The van der Waals surface area contributed by atoms with Crippen molar-refractivity contribution in [1.82, 2.24) is 19.5 Å². The Morgan fingerprint density at radius 3 is 2.81 bits per heavy atom. The Balaban J connectivity index is 1.82. The minimum absolute atomic E-state index is 0.0523. The van der Waals surface area contributed by atoms with Crippen LogP contribution in [0.15, 0.2) is 24.5 Å². The van der Waals surface area contributed by atoms with E-state index in [0.717, 1.165) is 0 Å². The number of nitrogens with two attached hydrogens (primary N) is 1. The third kappa shape index (κ3) is 4.82. The Labute approximate surface area is 155 Å². The first-order valence-electron chi connectivity index (χ1n) is 8.00. The Morgan fingerprint density at radius 2 is 2.15 bits per heavy atom. The van der Waals surface area contributed by atoms with Crippen LogP contribution in [0.1, 0.15) is 13.8 Å². The van der Waals surface area contributed by atoms with Gasteiger partial charge in [-0.05, 0) is 13.8 Å². The lowest BCUT2D eigenvalue weighted by Crippen LogP contribution is -2.29. The summed E-state index contributed by atoms with van der Waals surface area (Å²) in [5.41, 5.74) is 5.49. The number of anilines is 1. The molecule has 0 aliphatic heterocycles. The molecule has 12 heteroatoms. The Bertz CT molecular complexity index is 865. The van der Waals surface area contributed by atoms with Gasteiger partial charge in [-0.2, -0.15) is 0 Å². The van der Waals surface area contributed by atoms with E-state index in [9.17, 15) is 9.36 Å². The van der Waals surface area contributed by atoms with Gasteiger partial charge in [-0.25, -0.2) is 15.0 Å². The summed E-state index contributed by atoms with van der Waals surface area (Å²) in [6, 6.07) is 0. The molecule has 2 aromatic rings. The predicted octanol–water partition coefficient (Wildman–Crippen LogP) is 0.861. The summed E-state index contributed by atoms with van der Waals surface area (Å²) in [6.45, 7) is 2.93. The monoisotopic (exact) mass is 399 g/mol. The maximum absolute atomic E-state index is 12.1. The van der Waals surface area contributed by atoms with Crippen molar-refractivity contribution < 1.29 is 28.8 Å². The molecule has 0 aromatic carbocycles. The molecule has 11 nitrogen and oxygen atoms in total. The van der Waals surface area contributed by atoms with Gasteiger partial charge in [0.2, 0.25) is 0 Å². The standard InChI is InChI=1S/C15H22N5O6P/c1-15(2,10(5-21)6-22)14(23)26-27(24)9-25-4-3-20-8-19-11-12(16)17-7-18-13(11)20/h5,7-8,21-22,27H,3-4,6,9H2,1-2H3,(H2,16,17,18). The zero-order valence-corrected chi connectivity index (χ0v) is 16.0. The molecule has 27 heavy (non-hydrogen) atoms. The predicted molar refractivity (Wildman–Crippen MR) is 97.2 cm³/mol. The van der Waals surface area contributed by atoms with E-state index in [1.165, 1.54) is 20.2 Å². The summed E-state index contributed by atoms with van der Waals surface area (Å²) in [5, 5.41) is 18.2. The quantitative estimate of drug-likeness (QED) is 0.313. The first-order valence-corrected chi connectivity index (χ1v) is 9.52. The van der Waals surface area contributed by atoms with E-state index < -0.39 is 26.0 Å². The zero-order valence-electron chi connectivity index (χ0n) is 15.0. The second-order valence-electron chi connectivity index (χ2n) is 6.12. The lowest BCUT2D eigenvalue weighted by atomic mass is 9.85. The van der Waals surface area contributed by atoms with Crippen LogP contribution in [0.25, 0.3) is 11.2 Å². The lowest BCUT2D eigenvalue weighted by molar-refractivity contribution is -0.141. The summed E-state index contributed by atoms with van der Waals surface area (Å²) < 4.78 is 23.8. The van der Waals surface area contributed by atoms with Crippen LogP contribution in [0.3, 0.4) is 0 Å². The van der Waals surface area contributed by atoms with Crippen LogP contribution in [0.4, 0.5) is 5.82 Å². The average molecular weight is 399 g/mol. The number of fused-ring (bicyclic) bond motifs is 1. The summed E-state index contributed by atoms with van der Waals surface area (Å²) in [7, 11) is -2.79. The topological polar surface area (TPSA) is 163 Å². The number of carbonyl (C=O) groups excluding carboxylic acids is 1. The molecule has 0 aliphatic rings. The highest BCUT2D eigenvalue weighted by Gasteiger charge is 2.34. The molecular formula is C15H22N5O6P. The Kier molecular flexibility index (Phi) is 6.89. The van der Waals surface area contributed by atoms with Gasteiger partial charge in [-0.15, -0.1) is 0 Å². The molecule has 2 rings (SSSR count). The van der Waals surface area contributed by atoms with Crippen LogP contribution < -0.4 is 5.73 Å². The number of imidazole rings is 1. The molecule has 148 valence electrons. The Morgan fingerprint density at radius 1 is 1.41 bits per heavy atom. The first kappa shape index (κ1) is 20.8. The van der Waals surface area contributed by atoms with Crippen molar-refractivity contribution in [3.05, 3.63) is 24.5 Å². The van der Waals surface area contributed by atoms with Crippen molar-refractivity contribution in [2.75, 3.05) is 25.3 Å². The van der Waals surface area contributed by atoms with E-state index in [1.54, 1.807) is 10.9 Å². The van der Waals surface area contributed by atoms with Gasteiger partial charge in [0, 0.05) is 12.1 Å². The summed E-state index contributed by atoms with van der Waals surface area (Å²) in [6.07, 6.45) is 3.26. The normalized spacial score (nSPS) is 13.7. The fourth-order valence-corrected chi connectivity index (χ4v) is 3.00. The minimum atomic E-state index is -2.79. The highest BCUT2D eigenvalue weighted by Crippen LogP contribution is 2.33. The number of nitrogen functional groups attached to an aromatic ring is 1. The van der Waals surface area contributed by atoms with E-state index in [-0.39, 0.29) is 24.3 Å². The van der Waals surface area contributed by atoms with Crippen LogP contribution in [-0.4, -0.2) is 55.3 Å². The number of carbonyl (C=O) groups is 1. The second-order valence-corrected chi connectivity index (χ2v) is 7.36. The van der Waals surface area contributed by atoms with Crippen molar-refractivity contribution >= 4 is 31.0 Å².